The van der Waals surface area contributed by atoms with E-state index in [-0.39, 0.29) is 24.0 Å². The molecule has 0 aliphatic rings. The standard InChI is InChI=1S/C18H18F2N4O3/c1-18(2,26)9-22-17-21-8-10-6-14(16(25)24(3)15(10)23-17)27-13-5-4-11(19)7-12(13)20/h4-8,26H,9H2,1-3H3,(H,21,22,23). The van der Waals surface area contributed by atoms with Crippen molar-refractivity contribution in [1.82, 2.24) is 14.5 Å². The zero-order chi connectivity index (χ0) is 19.8. The van der Waals surface area contributed by atoms with Crippen LogP contribution in [0.3, 0.4) is 0 Å². The number of aryl methyl sites for hydroxylation is 1. The fraction of sp³-hybridized carbons (Fsp3) is 0.278. The van der Waals surface area contributed by atoms with E-state index in [9.17, 15) is 18.7 Å². The van der Waals surface area contributed by atoms with Gasteiger partial charge < -0.3 is 15.2 Å². The highest BCUT2D eigenvalue weighted by atomic mass is 19.1. The van der Waals surface area contributed by atoms with Crippen LogP contribution in [0.25, 0.3) is 11.0 Å². The SMILES string of the molecule is Cn1c(=O)c(Oc2ccc(F)cc2F)cc2cnc(NCC(C)(C)O)nc21. The average molecular weight is 376 g/mol. The maximum Gasteiger partial charge on any atom is 0.294 e. The second kappa shape index (κ2) is 6.92. The summed E-state index contributed by atoms with van der Waals surface area (Å²) in [4.78, 5) is 20.9. The van der Waals surface area contributed by atoms with Crippen molar-refractivity contribution in [2.24, 2.45) is 7.05 Å². The van der Waals surface area contributed by atoms with E-state index in [1.54, 1.807) is 13.8 Å². The molecular weight excluding hydrogens is 358 g/mol. The van der Waals surface area contributed by atoms with Gasteiger partial charge >= 0.3 is 0 Å². The summed E-state index contributed by atoms with van der Waals surface area (Å²) in [6.07, 6.45) is 1.47. The minimum atomic E-state index is -0.957. The van der Waals surface area contributed by atoms with Crippen LogP contribution in [0.15, 0.2) is 35.3 Å². The molecule has 0 saturated carbocycles. The molecule has 142 valence electrons. The quantitative estimate of drug-likeness (QED) is 0.712. The van der Waals surface area contributed by atoms with Crippen LogP contribution in [-0.2, 0) is 7.05 Å². The highest BCUT2D eigenvalue weighted by Gasteiger charge is 2.15. The average Bonchev–Trinajstić information content (AvgIpc) is 2.59. The molecule has 0 aliphatic carbocycles. The Labute approximate surface area is 153 Å². The van der Waals surface area contributed by atoms with Crippen molar-refractivity contribution < 1.29 is 18.6 Å². The predicted octanol–water partition coefficient (Wildman–Crippen LogP) is 2.58. The molecule has 0 bridgehead atoms. The fourth-order valence-electron chi connectivity index (χ4n) is 2.35. The van der Waals surface area contributed by atoms with E-state index in [1.165, 1.54) is 23.9 Å². The van der Waals surface area contributed by atoms with Gasteiger partial charge in [-0.05, 0) is 32.0 Å². The van der Waals surface area contributed by atoms with Crippen LogP contribution in [0, 0.1) is 11.6 Å². The van der Waals surface area contributed by atoms with Crippen LogP contribution < -0.4 is 15.6 Å². The summed E-state index contributed by atoms with van der Waals surface area (Å²) in [5.41, 5.74) is -1.17. The van der Waals surface area contributed by atoms with Gasteiger partial charge in [0.15, 0.2) is 17.3 Å². The number of rotatable bonds is 5. The number of nitrogens with zero attached hydrogens (tertiary/aromatic N) is 3. The molecule has 0 amide bonds. The maximum absolute atomic E-state index is 13.8. The van der Waals surface area contributed by atoms with Crippen LogP contribution in [0.4, 0.5) is 14.7 Å². The molecule has 27 heavy (non-hydrogen) atoms. The Kier molecular flexibility index (Phi) is 4.79. The summed E-state index contributed by atoms with van der Waals surface area (Å²) in [5, 5.41) is 13.1. The van der Waals surface area contributed by atoms with Crippen LogP contribution in [0.5, 0.6) is 11.5 Å². The lowest BCUT2D eigenvalue weighted by atomic mass is 10.1. The Bertz CT molecular complexity index is 1060. The minimum Gasteiger partial charge on any atom is -0.448 e. The van der Waals surface area contributed by atoms with E-state index >= 15 is 0 Å². The summed E-state index contributed by atoms with van der Waals surface area (Å²) in [6, 6.07) is 4.20. The number of ether oxygens (including phenoxy) is 1. The first-order chi connectivity index (χ1) is 12.6. The zero-order valence-corrected chi connectivity index (χ0v) is 15.0. The number of anilines is 1. The van der Waals surface area contributed by atoms with Crippen molar-refractivity contribution in [2.45, 2.75) is 19.4 Å². The minimum absolute atomic E-state index is 0.142. The van der Waals surface area contributed by atoms with Crippen molar-refractivity contribution in [1.29, 1.82) is 0 Å². The largest absolute Gasteiger partial charge is 0.448 e. The van der Waals surface area contributed by atoms with Crippen molar-refractivity contribution in [3.8, 4) is 11.5 Å². The Morgan fingerprint density at radius 1 is 1.26 bits per heavy atom. The Balaban J connectivity index is 1.97. The smallest absolute Gasteiger partial charge is 0.294 e. The molecule has 9 heteroatoms. The van der Waals surface area contributed by atoms with Crippen molar-refractivity contribution in [2.75, 3.05) is 11.9 Å². The third-order valence-corrected chi connectivity index (χ3v) is 3.71. The molecule has 2 N–H and O–H groups in total. The second-order valence-electron chi connectivity index (χ2n) is 6.69. The lowest BCUT2D eigenvalue weighted by Crippen LogP contribution is -2.30. The number of hydrogen-bond donors (Lipinski definition) is 2. The molecule has 0 unspecified atom stereocenters. The lowest BCUT2D eigenvalue weighted by molar-refractivity contribution is 0.0943. The normalized spacial score (nSPS) is 11.6. The number of hydrogen-bond acceptors (Lipinski definition) is 6. The summed E-state index contributed by atoms with van der Waals surface area (Å²) in [7, 11) is 1.49. The van der Waals surface area contributed by atoms with Gasteiger partial charge in [0, 0.05) is 31.2 Å². The van der Waals surface area contributed by atoms with E-state index in [1.807, 2.05) is 0 Å². The molecule has 3 rings (SSSR count). The van der Waals surface area contributed by atoms with E-state index in [0.29, 0.717) is 17.1 Å². The van der Waals surface area contributed by atoms with Crippen LogP contribution in [0.2, 0.25) is 0 Å². The Hall–Kier alpha value is -3.07. The summed E-state index contributed by atoms with van der Waals surface area (Å²) in [6.45, 7) is 3.49. The molecule has 2 heterocycles. The van der Waals surface area contributed by atoms with Gasteiger partial charge in [0.2, 0.25) is 5.95 Å². The Morgan fingerprint density at radius 3 is 2.67 bits per heavy atom. The monoisotopic (exact) mass is 376 g/mol. The van der Waals surface area contributed by atoms with Gasteiger partial charge in [-0.2, -0.15) is 4.98 Å². The van der Waals surface area contributed by atoms with E-state index in [4.69, 9.17) is 4.74 Å². The molecule has 3 aromatic rings. The second-order valence-corrected chi connectivity index (χ2v) is 6.69. The number of aliphatic hydroxyl groups is 1. The molecule has 2 aromatic heterocycles. The summed E-state index contributed by atoms with van der Waals surface area (Å²) < 4.78 is 33.4. The third kappa shape index (κ3) is 4.20. The highest BCUT2D eigenvalue weighted by molar-refractivity contribution is 5.76. The number of fused-ring (bicyclic) bond motifs is 1. The number of nitrogens with one attached hydrogen (secondary N) is 1. The van der Waals surface area contributed by atoms with Crippen molar-refractivity contribution in [3.63, 3.8) is 0 Å². The van der Waals surface area contributed by atoms with Gasteiger partial charge in [-0.3, -0.25) is 9.36 Å². The van der Waals surface area contributed by atoms with Crippen molar-refractivity contribution >= 4 is 17.0 Å². The highest BCUT2D eigenvalue weighted by Crippen LogP contribution is 2.25. The number of halogens is 2. The van der Waals surface area contributed by atoms with Gasteiger partial charge in [0.1, 0.15) is 11.5 Å². The van der Waals surface area contributed by atoms with E-state index in [2.05, 4.69) is 15.3 Å². The molecule has 0 saturated heterocycles. The summed E-state index contributed by atoms with van der Waals surface area (Å²) >= 11 is 0. The first kappa shape index (κ1) is 18.7. The number of pyridine rings is 1. The molecule has 0 aliphatic heterocycles. The van der Waals surface area contributed by atoms with Gasteiger partial charge in [-0.25, -0.2) is 13.8 Å². The predicted molar refractivity (Wildman–Crippen MR) is 96.0 cm³/mol. The van der Waals surface area contributed by atoms with E-state index in [0.717, 1.165) is 12.1 Å². The van der Waals surface area contributed by atoms with Gasteiger partial charge in [-0.15, -0.1) is 0 Å². The molecule has 0 atom stereocenters. The van der Waals surface area contributed by atoms with Crippen molar-refractivity contribution in [3.05, 3.63) is 52.5 Å². The number of aromatic nitrogens is 3. The molecule has 0 spiro atoms. The van der Waals surface area contributed by atoms with Crippen LogP contribution in [-0.4, -0.2) is 31.8 Å². The summed E-state index contributed by atoms with van der Waals surface area (Å²) in [5.74, 6) is -1.82. The zero-order valence-electron chi connectivity index (χ0n) is 15.0. The molecule has 1 aromatic carbocycles. The van der Waals surface area contributed by atoms with E-state index < -0.39 is 22.8 Å². The third-order valence-electron chi connectivity index (χ3n) is 3.71. The number of benzene rings is 1. The van der Waals surface area contributed by atoms with Gasteiger partial charge in [0.25, 0.3) is 5.56 Å². The molecular formula is C18H18F2N4O3. The lowest BCUT2D eigenvalue weighted by Gasteiger charge is -2.17. The molecule has 0 fully saturated rings. The fourth-order valence-corrected chi connectivity index (χ4v) is 2.35. The first-order valence-corrected chi connectivity index (χ1v) is 8.10. The first-order valence-electron chi connectivity index (χ1n) is 8.10. The molecule has 0 radical (unpaired) electrons. The van der Waals surface area contributed by atoms with Gasteiger partial charge in [0.05, 0.1) is 5.60 Å². The van der Waals surface area contributed by atoms with Crippen LogP contribution >= 0.6 is 0 Å². The molecule has 7 nitrogen and oxygen atoms in total. The van der Waals surface area contributed by atoms with Gasteiger partial charge in [-0.1, -0.05) is 0 Å². The topological polar surface area (TPSA) is 89.3 Å². The maximum atomic E-state index is 13.8. The Morgan fingerprint density at radius 2 is 2.00 bits per heavy atom. The van der Waals surface area contributed by atoms with Crippen LogP contribution in [0.1, 0.15) is 13.8 Å².